The summed E-state index contributed by atoms with van der Waals surface area (Å²) in [5, 5.41) is 3.17. The highest BCUT2D eigenvalue weighted by molar-refractivity contribution is 5.44. The average molecular weight is 266 g/mol. The Bertz CT molecular complexity index is 352. The van der Waals surface area contributed by atoms with Crippen LogP contribution in [0.15, 0.2) is 24.3 Å². The molecule has 108 valence electrons. The Kier molecular flexibility index (Phi) is 7.49. The summed E-state index contributed by atoms with van der Waals surface area (Å²) in [4.78, 5) is 2.45. The van der Waals surface area contributed by atoms with Gasteiger partial charge in [0.05, 0.1) is 5.69 Å². The molecule has 0 heterocycles. The van der Waals surface area contributed by atoms with E-state index in [4.69, 9.17) is 0 Å². The average Bonchev–Trinajstić information content (AvgIpc) is 2.39. The van der Waals surface area contributed by atoms with Gasteiger partial charge in [0.25, 0.3) is 0 Å². The molecule has 0 saturated heterocycles. The summed E-state index contributed by atoms with van der Waals surface area (Å²) < 4.78 is 13.4. The zero-order valence-electron chi connectivity index (χ0n) is 12.5. The number of anilines is 1. The van der Waals surface area contributed by atoms with Crippen molar-refractivity contribution in [1.82, 2.24) is 4.90 Å². The zero-order valence-corrected chi connectivity index (χ0v) is 12.5. The highest BCUT2D eigenvalue weighted by atomic mass is 19.1. The minimum absolute atomic E-state index is 0.176. The molecular formula is C16H27FN2. The first-order valence-corrected chi connectivity index (χ1v) is 7.37. The van der Waals surface area contributed by atoms with Crippen LogP contribution in [-0.2, 0) is 0 Å². The second-order valence-corrected chi connectivity index (χ2v) is 5.24. The molecule has 3 heteroatoms. The third-order valence-corrected chi connectivity index (χ3v) is 3.37. The summed E-state index contributed by atoms with van der Waals surface area (Å²) in [6, 6.07) is 7.38. The molecule has 0 aliphatic carbocycles. The van der Waals surface area contributed by atoms with E-state index in [2.05, 4.69) is 31.0 Å². The molecule has 0 saturated carbocycles. The van der Waals surface area contributed by atoms with Crippen LogP contribution in [0.3, 0.4) is 0 Å². The topological polar surface area (TPSA) is 15.3 Å². The van der Waals surface area contributed by atoms with E-state index in [1.165, 1.54) is 25.3 Å². The van der Waals surface area contributed by atoms with Crippen LogP contribution >= 0.6 is 0 Å². The Balaban J connectivity index is 2.34. The summed E-state index contributed by atoms with van der Waals surface area (Å²) in [5.41, 5.74) is 0.597. The lowest BCUT2D eigenvalue weighted by molar-refractivity contribution is 0.225. The Morgan fingerprint density at radius 3 is 2.53 bits per heavy atom. The number of unbranched alkanes of at least 4 members (excludes halogenated alkanes) is 2. The van der Waals surface area contributed by atoms with Crippen molar-refractivity contribution < 1.29 is 4.39 Å². The fourth-order valence-corrected chi connectivity index (χ4v) is 2.13. The lowest BCUT2D eigenvalue weighted by Crippen LogP contribution is -2.35. The van der Waals surface area contributed by atoms with Gasteiger partial charge in [-0.25, -0.2) is 4.39 Å². The van der Waals surface area contributed by atoms with Gasteiger partial charge in [-0.15, -0.1) is 0 Å². The van der Waals surface area contributed by atoms with Gasteiger partial charge in [0.15, 0.2) is 0 Å². The fourth-order valence-electron chi connectivity index (χ4n) is 2.13. The van der Waals surface area contributed by atoms with Gasteiger partial charge in [0.1, 0.15) is 5.82 Å². The maximum atomic E-state index is 13.4. The number of hydrogen-bond donors (Lipinski definition) is 1. The predicted molar refractivity (Wildman–Crippen MR) is 81.1 cm³/mol. The summed E-state index contributed by atoms with van der Waals surface area (Å²) in [6.45, 7) is 9.52. The van der Waals surface area contributed by atoms with Crippen LogP contribution < -0.4 is 5.32 Å². The van der Waals surface area contributed by atoms with Crippen molar-refractivity contribution in [3.8, 4) is 0 Å². The molecule has 0 aliphatic rings. The Morgan fingerprint density at radius 2 is 1.89 bits per heavy atom. The summed E-state index contributed by atoms with van der Waals surface area (Å²) in [7, 11) is 0. The molecule has 19 heavy (non-hydrogen) atoms. The molecule has 1 aromatic rings. The minimum atomic E-state index is -0.176. The van der Waals surface area contributed by atoms with Crippen LogP contribution in [0.25, 0.3) is 0 Å². The smallest absolute Gasteiger partial charge is 0.146 e. The van der Waals surface area contributed by atoms with Crippen LogP contribution in [0, 0.1) is 5.82 Å². The summed E-state index contributed by atoms with van der Waals surface area (Å²) in [6.07, 6.45) is 3.78. The summed E-state index contributed by atoms with van der Waals surface area (Å²) in [5.74, 6) is -0.176. The van der Waals surface area contributed by atoms with Gasteiger partial charge >= 0.3 is 0 Å². The molecule has 0 bridgehead atoms. The molecule has 2 nitrogen and oxygen atoms in total. The first kappa shape index (κ1) is 16.0. The predicted octanol–water partition coefficient (Wildman–Crippen LogP) is 4.14. The van der Waals surface area contributed by atoms with Crippen LogP contribution in [0.5, 0.6) is 0 Å². The van der Waals surface area contributed by atoms with Crippen molar-refractivity contribution in [2.75, 3.05) is 25.0 Å². The molecular weight excluding hydrogens is 239 g/mol. The SMILES string of the molecule is CCCCCN(CCNc1ccccc1F)C(C)C. The number of rotatable bonds is 9. The van der Waals surface area contributed by atoms with E-state index >= 15 is 0 Å². The zero-order chi connectivity index (χ0) is 14.1. The standard InChI is InChI=1S/C16H27FN2/c1-4-5-8-12-19(14(2)3)13-11-18-16-10-7-6-9-15(16)17/h6-7,9-10,14,18H,4-5,8,11-13H2,1-3H3. The molecule has 0 fully saturated rings. The van der Waals surface area contributed by atoms with E-state index in [1.807, 2.05) is 6.07 Å². The largest absolute Gasteiger partial charge is 0.381 e. The number of benzene rings is 1. The molecule has 0 aromatic heterocycles. The van der Waals surface area contributed by atoms with E-state index in [-0.39, 0.29) is 5.82 Å². The van der Waals surface area contributed by atoms with Gasteiger partial charge in [0, 0.05) is 19.1 Å². The van der Waals surface area contributed by atoms with Crippen molar-refractivity contribution in [1.29, 1.82) is 0 Å². The van der Waals surface area contributed by atoms with Gasteiger partial charge in [-0.3, -0.25) is 4.90 Å². The summed E-state index contributed by atoms with van der Waals surface area (Å²) >= 11 is 0. The first-order chi connectivity index (χ1) is 9.15. The number of nitrogens with one attached hydrogen (secondary N) is 1. The van der Waals surface area contributed by atoms with Crippen molar-refractivity contribution in [3.05, 3.63) is 30.1 Å². The van der Waals surface area contributed by atoms with Gasteiger partial charge in [-0.2, -0.15) is 0 Å². The maximum absolute atomic E-state index is 13.4. The van der Waals surface area contributed by atoms with Gasteiger partial charge in [-0.1, -0.05) is 31.9 Å². The lowest BCUT2D eigenvalue weighted by atomic mass is 10.2. The lowest BCUT2D eigenvalue weighted by Gasteiger charge is -2.26. The Hall–Kier alpha value is -1.09. The second kappa shape index (κ2) is 8.92. The highest BCUT2D eigenvalue weighted by Crippen LogP contribution is 2.12. The first-order valence-electron chi connectivity index (χ1n) is 7.37. The third kappa shape index (κ3) is 6.06. The van der Waals surface area contributed by atoms with E-state index < -0.39 is 0 Å². The molecule has 0 aliphatic heterocycles. The van der Waals surface area contributed by atoms with Gasteiger partial charge in [0.2, 0.25) is 0 Å². The van der Waals surface area contributed by atoms with E-state index in [9.17, 15) is 4.39 Å². The number of nitrogens with zero attached hydrogens (tertiary/aromatic N) is 1. The van der Waals surface area contributed by atoms with E-state index in [1.54, 1.807) is 12.1 Å². The molecule has 0 radical (unpaired) electrons. The number of para-hydroxylation sites is 1. The van der Waals surface area contributed by atoms with Crippen LogP contribution in [0.2, 0.25) is 0 Å². The molecule has 1 aromatic carbocycles. The molecule has 0 unspecified atom stereocenters. The molecule has 0 amide bonds. The minimum Gasteiger partial charge on any atom is -0.381 e. The maximum Gasteiger partial charge on any atom is 0.146 e. The van der Waals surface area contributed by atoms with Gasteiger partial charge in [-0.05, 0) is 38.9 Å². The fraction of sp³-hybridized carbons (Fsp3) is 0.625. The molecule has 1 N–H and O–H groups in total. The Morgan fingerprint density at radius 1 is 1.16 bits per heavy atom. The monoisotopic (exact) mass is 266 g/mol. The van der Waals surface area contributed by atoms with Crippen LogP contribution in [0.1, 0.15) is 40.0 Å². The van der Waals surface area contributed by atoms with Crippen molar-refractivity contribution in [2.24, 2.45) is 0 Å². The highest BCUT2D eigenvalue weighted by Gasteiger charge is 2.08. The normalized spacial score (nSPS) is 11.3. The molecule has 1 rings (SSSR count). The third-order valence-electron chi connectivity index (χ3n) is 3.37. The molecule has 0 atom stereocenters. The second-order valence-electron chi connectivity index (χ2n) is 5.24. The quantitative estimate of drug-likeness (QED) is 0.676. The van der Waals surface area contributed by atoms with Crippen LogP contribution in [-0.4, -0.2) is 30.6 Å². The van der Waals surface area contributed by atoms with E-state index in [0.717, 1.165) is 19.6 Å². The molecule has 0 spiro atoms. The van der Waals surface area contributed by atoms with Gasteiger partial charge < -0.3 is 5.32 Å². The number of halogens is 1. The van der Waals surface area contributed by atoms with Crippen LogP contribution in [0.4, 0.5) is 10.1 Å². The number of hydrogen-bond acceptors (Lipinski definition) is 2. The van der Waals surface area contributed by atoms with Crippen molar-refractivity contribution in [3.63, 3.8) is 0 Å². The van der Waals surface area contributed by atoms with Crippen molar-refractivity contribution in [2.45, 2.75) is 46.1 Å². The van der Waals surface area contributed by atoms with E-state index in [0.29, 0.717) is 11.7 Å². The van der Waals surface area contributed by atoms with Crippen molar-refractivity contribution >= 4 is 5.69 Å². The Labute approximate surface area is 117 Å².